The van der Waals surface area contributed by atoms with E-state index in [0.717, 1.165) is 22.2 Å². The van der Waals surface area contributed by atoms with E-state index in [-0.39, 0.29) is 0 Å². The highest BCUT2D eigenvalue weighted by molar-refractivity contribution is 5.81. The molecular weight excluding hydrogens is 188 g/mol. The van der Waals surface area contributed by atoms with E-state index in [1.165, 1.54) is 0 Å². The van der Waals surface area contributed by atoms with Crippen LogP contribution in [-0.2, 0) is 0 Å². The Balaban J connectivity index is 2.22. The first-order chi connectivity index (χ1) is 7.43. The van der Waals surface area contributed by atoms with Crippen LogP contribution in [0.3, 0.4) is 0 Å². The lowest BCUT2D eigenvalue weighted by molar-refractivity contribution is 0.568. The summed E-state index contributed by atoms with van der Waals surface area (Å²) in [5.41, 5.74) is 2.69. The number of hydrogen-bond acceptors (Lipinski definition) is 3. The van der Waals surface area contributed by atoms with Gasteiger partial charge >= 0.3 is 0 Å². The summed E-state index contributed by atoms with van der Waals surface area (Å²) >= 11 is 0. The predicted octanol–water partition coefficient (Wildman–Crippen LogP) is 2.89. The predicted molar refractivity (Wildman–Crippen MR) is 57.2 cm³/mol. The number of furan rings is 1. The van der Waals surface area contributed by atoms with Gasteiger partial charge in [0, 0.05) is 10.9 Å². The molecule has 0 unspecified atom stereocenters. The lowest BCUT2D eigenvalue weighted by Crippen LogP contribution is -1.87. The fourth-order valence-corrected chi connectivity index (χ4v) is 1.54. The van der Waals surface area contributed by atoms with E-state index in [4.69, 9.17) is 4.42 Å². The van der Waals surface area contributed by atoms with Gasteiger partial charge in [0.1, 0.15) is 0 Å². The number of nitrogens with zero attached hydrogens (tertiary/aromatic N) is 2. The molecule has 0 N–H and O–H groups in total. The molecule has 1 aromatic carbocycles. The van der Waals surface area contributed by atoms with E-state index in [2.05, 4.69) is 10.2 Å². The van der Waals surface area contributed by atoms with E-state index in [9.17, 15) is 0 Å². The Morgan fingerprint density at radius 3 is 2.80 bits per heavy atom. The maximum Gasteiger partial charge on any atom is 0.0997 e. The number of hydrogen-bond donors (Lipinski definition) is 0. The zero-order valence-corrected chi connectivity index (χ0v) is 7.92. The van der Waals surface area contributed by atoms with Gasteiger partial charge in [0.2, 0.25) is 0 Å². The second-order valence-corrected chi connectivity index (χ2v) is 3.30. The summed E-state index contributed by atoms with van der Waals surface area (Å²) in [6.45, 7) is 0. The quantitative estimate of drug-likeness (QED) is 0.600. The van der Waals surface area contributed by atoms with Crippen LogP contribution in [-0.4, -0.2) is 10.2 Å². The molecule has 0 amide bonds. The van der Waals surface area contributed by atoms with E-state index in [0.29, 0.717) is 0 Å². The lowest BCUT2D eigenvalue weighted by Gasteiger charge is -1.98. The number of benzene rings is 1. The van der Waals surface area contributed by atoms with Gasteiger partial charge in [-0.3, -0.25) is 0 Å². The molecule has 0 saturated carbocycles. The number of aromatic nitrogens is 2. The van der Waals surface area contributed by atoms with Gasteiger partial charge in [-0.2, -0.15) is 0 Å². The second-order valence-electron chi connectivity index (χ2n) is 3.30. The molecule has 0 spiro atoms. The molecule has 2 heterocycles. The van der Waals surface area contributed by atoms with Crippen molar-refractivity contribution in [2.45, 2.75) is 0 Å². The van der Waals surface area contributed by atoms with Crippen molar-refractivity contribution in [2.75, 3.05) is 0 Å². The monoisotopic (exact) mass is 196 g/mol. The molecular formula is C12H8N2O. The molecule has 3 rings (SSSR count). The van der Waals surface area contributed by atoms with Crippen LogP contribution in [0.25, 0.3) is 22.2 Å². The van der Waals surface area contributed by atoms with Gasteiger partial charge in [0.15, 0.2) is 0 Å². The van der Waals surface area contributed by atoms with Gasteiger partial charge in [0.05, 0.1) is 23.7 Å². The van der Waals surface area contributed by atoms with Crippen molar-refractivity contribution in [1.82, 2.24) is 10.2 Å². The summed E-state index contributed by atoms with van der Waals surface area (Å²) < 4.78 is 5.01. The van der Waals surface area contributed by atoms with E-state index >= 15 is 0 Å². The molecule has 0 atom stereocenters. The third kappa shape index (κ3) is 1.38. The fraction of sp³-hybridized carbons (Fsp3) is 0. The largest absolute Gasteiger partial charge is 0.472 e. The average Bonchev–Trinajstić information content (AvgIpc) is 2.82. The minimum Gasteiger partial charge on any atom is -0.472 e. The Labute approximate surface area is 86.4 Å². The van der Waals surface area contributed by atoms with Crippen LogP contribution in [0.5, 0.6) is 0 Å². The van der Waals surface area contributed by atoms with Crippen LogP contribution >= 0.6 is 0 Å². The normalized spacial score (nSPS) is 10.7. The first-order valence-electron chi connectivity index (χ1n) is 4.68. The van der Waals surface area contributed by atoms with Gasteiger partial charge in [-0.25, -0.2) is 0 Å². The first kappa shape index (κ1) is 8.17. The highest BCUT2D eigenvalue weighted by Crippen LogP contribution is 2.20. The van der Waals surface area contributed by atoms with Crippen molar-refractivity contribution in [3.8, 4) is 11.3 Å². The zero-order valence-electron chi connectivity index (χ0n) is 7.92. The van der Waals surface area contributed by atoms with Crippen molar-refractivity contribution < 1.29 is 4.42 Å². The van der Waals surface area contributed by atoms with Crippen LogP contribution in [0, 0.1) is 0 Å². The minimum absolute atomic E-state index is 0.836. The molecule has 0 saturated heterocycles. The van der Waals surface area contributed by atoms with Gasteiger partial charge in [-0.15, -0.1) is 10.2 Å². The smallest absolute Gasteiger partial charge is 0.0997 e. The van der Waals surface area contributed by atoms with Crippen molar-refractivity contribution in [2.24, 2.45) is 0 Å². The van der Waals surface area contributed by atoms with Crippen LogP contribution < -0.4 is 0 Å². The fourth-order valence-electron chi connectivity index (χ4n) is 1.54. The van der Waals surface area contributed by atoms with E-state index in [1.807, 2.05) is 36.4 Å². The van der Waals surface area contributed by atoms with Gasteiger partial charge < -0.3 is 4.42 Å². The van der Waals surface area contributed by atoms with Crippen molar-refractivity contribution in [1.29, 1.82) is 0 Å². The molecule has 0 aliphatic rings. The van der Waals surface area contributed by atoms with Crippen LogP contribution in [0.15, 0.2) is 53.3 Å². The molecule has 0 radical (unpaired) electrons. The molecule has 0 fully saturated rings. The Kier molecular flexibility index (Phi) is 1.75. The molecule has 3 aromatic rings. The molecule has 3 heteroatoms. The van der Waals surface area contributed by atoms with Crippen LogP contribution in [0.4, 0.5) is 0 Å². The topological polar surface area (TPSA) is 38.9 Å². The Morgan fingerprint density at radius 2 is 1.93 bits per heavy atom. The zero-order chi connectivity index (χ0) is 10.1. The molecule has 2 aromatic heterocycles. The number of rotatable bonds is 1. The highest BCUT2D eigenvalue weighted by atomic mass is 16.3. The minimum atomic E-state index is 0.836. The summed E-state index contributed by atoms with van der Waals surface area (Å²) in [6, 6.07) is 11.8. The molecule has 0 aliphatic heterocycles. The molecule has 15 heavy (non-hydrogen) atoms. The Bertz CT molecular complexity index is 587. The van der Waals surface area contributed by atoms with Crippen LogP contribution in [0.2, 0.25) is 0 Å². The van der Waals surface area contributed by atoms with Gasteiger partial charge in [-0.1, -0.05) is 18.2 Å². The third-order valence-corrected chi connectivity index (χ3v) is 2.31. The summed E-state index contributed by atoms with van der Waals surface area (Å²) in [4.78, 5) is 0. The highest BCUT2D eigenvalue weighted by Gasteiger charge is 2.02. The second kappa shape index (κ2) is 3.20. The molecule has 0 bridgehead atoms. The molecule has 72 valence electrons. The van der Waals surface area contributed by atoms with Crippen LogP contribution in [0.1, 0.15) is 0 Å². The summed E-state index contributed by atoms with van der Waals surface area (Å²) in [7, 11) is 0. The van der Waals surface area contributed by atoms with E-state index in [1.54, 1.807) is 12.5 Å². The molecule has 0 aliphatic carbocycles. The van der Waals surface area contributed by atoms with Crippen molar-refractivity contribution >= 4 is 10.9 Å². The SMILES string of the molecule is c1ccc2nnc(-c3ccoc3)cc2c1. The third-order valence-electron chi connectivity index (χ3n) is 2.31. The van der Waals surface area contributed by atoms with Gasteiger partial charge in [0.25, 0.3) is 0 Å². The average molecular weight is 196 g/mol. The van der Waals surface area contributed by atoms with Gasteiger partial charge in [-0.05, 0) is 18.2 Å². The number of fused-ring (bicyclic) bond motifs is 1. The van der Waals surface area contributed by atoms with E-state index < -0.39 is 0 Å². The first-order valence-corrected chi connectivity index (χ1v) is 4.68. The maximum absolute atomic E-state index is 5.01. The summed E-state index contributed by atoms with van der Waals surface area (Å²) in [5, 5.41) is 9.37. The Morgan fingerprint density at radius 1 is 1.00 bits per heavy atom. The summed E-state index contributed by atoms with van der Waals surface area (Å²) in [5.74, 6) is 0. The standard InChI is InChI=1S/C12H8N2O/c1-2-4-11-9(3-1)7-12(14-13-11)10-5-6-15-8-10/h1-8H. The van der Waals surface area contributed by atoms with Crippen molar-refractivity contribution in [3.63, 3.8) is 0 Å². The maximum atomic E-state index is 5.01. The van der Waals surface area contributed by atoms with Crippen molar-refractivity contribution in [3.05, 3.63) is 48.9 Å². The Hall–Kier alpha value is -2.16. The molecule has 3 nitrogen and oxygen atoms in total. The lowest BCUT2D eigenvalue weighted by atomic mass is 10.1. The summed E-state index contributed by atoms with van der Waals surface area (Å²) in [6.07, 6.45) is 3.30.